The van der Waals surface area contributed by atoms with Gasteiger partial charge in [-0.25, -0.2) is 0 Å². The van der Waals surface area contributed by atoms with E-state index in [0.717, 1.165) is 11.3 Å². The van der Waals surface area contributed by atoms with Crippen LogP contribution in [-0.2, 0) is 20.9 Å². The largest absolute Gasteiger partial charge is 0.468 e. The van der Waals surface area contributed by atoms with E-state index in [2.05, 4.69) is 5.32 Å². The maximum absolute atomic E-state index is 12.8. The number of hydrogen-bond acceptors (Lipinski definition) is 4. The first kappa shape index (κ1) is 19.8. The van der Waals surface area contributed by atoms with Gasteiger partial charge in [-0.2, -0.15) is 0 Å². The van der Waals surface area contributed by atoms with Crippen LogP contribution in [0.2, 0.25) is 5.02 Å². The predicted molar refractivity (Wildman–Crippen MR) is 103 cm³/mol. The Hall–Kier alpha value is -2.53. The Kier molecular flexibility index (Phi) is 7.48. The van der Waals surface area contributed by atoms with E-state index >= 15 is 0 Å². The minimum absolute atomic E-state index is 0.0185. The van der Waals surface area contributed by atoms with Crippen molar-refractivity contribution in [3.8, 4) is 0 Å². The van der Waals surface area contributed by atoms with Crippen molar-refractivity contribution < 1.29 is 14.3 Å². The standard InChI is InChI=1S/C20H23ClN2O3/c1-3-18(20(25)22-13-15-7-5-4-6-8-15)23(14-19(24)26-2)17-11-9-16(21)10-12-17/h4-12,18H,3,13-14H2,1-2H3,(H,22,25)/t18-/m1/s1. The fraction of sp³-hybridized carbons (Fsp3) is 0.300. The number of carbonyl (C=O) groups is 2. The van der Waals surface area contributed by atoms with Crippen LogP contribution < -0.4 is 10.2 Å². The molecule has 2 aromatic carbocycles. The quantitative estimate of drug-likeness (QED) is 0.719. The molecule has 1 N–H and O–H groups in total. The Bertz CT molecular complexity index is 720. The molecule has 2 rings (SSSR count). The Morgan fingerprint density at radius 2 is 1.77 bits per heavy atom. The number of rotatable bonds is 8. The normalized spacial score (nSPS) is 11.5. The first-order valence-corrected chi connectivity index (χ1v) is 8.83. The molecule has 0 aliphatic heterocycles. The molecular weight excluding hydrogens is 352 g/mol. The third kappa shape index (κ3) is 5.49. The second kappa shape index (κ2) is 9.82. The highest BCUT2D eigenvalue weighted by Crippen LogP contribution is 2.21. The third-order valence-corrected chi connectivity index (χ3v) is 4.31. The van der Waals surface area contributed by atoms with Gasteiger partial charge in [0.05, 0.1) is 7.11 Å². The molecule has 6 heteroatoms. The summed E-state index contributed by atoms with van der Waals surface area (Å²) in [7, 11) is 1.33. The van der Waals surface area contributed by atoms with Crippen LogP contribution in [0.25, 0.3) is 0 Å². The predicted octanol–water partition coefficient (Wildman–Crippen LogP) is 3.41. The molecule has 0 aliphatic carbocycles. The summed E-state index contributed by atoms with van der Waals surface area (Å²) in [6.07, 6.45) is 0.542. The van der Waals surface area contributed by atoms with E-state index < -0.39 is 12.0 Å². The summed E-state index contributed by atoms with van der Waals surface area (Å²) in [6.45, 7) is 2.32. The molecule has 1 atom stereocenters. The highest BCUT2D eigenvalue weighted by molar-refractivity contribution is 6.30. The van der Waals surface area contributed by atoms with Crippen LogP contribution >= 0.6 is 11.6 Å². The number of esters is 1. The Labute approximate surface area is 158 Å². The van der Waals surface area contributed by atoms with Gasteiger partial charge in [0.1, 0.15) is 12.6 Å². The lowest BCUT2D eigenvalue weighted by Gasteiger charge is -2.31. The van der Waals surface area contributed by atoms with Gasteiger partial charge in [-0.3, -0.25) is 9.59 Å². The van der Waals surface area contributed by atoms with Crippen LogP contribution in [0.5, 0.6) is 0 Å². The number of anilines is 1. The van der Waals surface area contributed by atoms with Crippen LogP contribution in [-0.4, -0.2) is 31.6 Å². The zero-order chi connectivity index (χ0) is 18.9. The summed E-state index contributed by atoms with van der Waals surface area (Å²) < 4.78 is 4.79. The van der Waals surface area contributed by atoms with Gasteiger partial charge >= 0.3 is 5.97 Å². The molecule has 0 fully saturated rings. The number of ether oxygens (including phenoxy) is 1. The summed E-state index contributed by atoms with van der Waals surface area (Å²) in [5, 5.41) is 3.54. The summed E-state index contributed by atoms with van der Waals surface area (Å²) >= 11 is 5.95. The molecule has 0 bridgehead atoms. The highest BCUT2D eigenvalue weighted by Gasteiger charge is 2.26. The van der Waals surface area contributed by atoms with Gasteiger partial charge in [-0.1, -0.05) is 48.9 Å². The van der Waals surface area contributed by atoms with E-state index in [-0.39, 0.29) is 12.5 Å². The van der Waals surface area contributed by atoms with E-state index in [1.54, 1.807) is 29.2 Å². The van der Waals surface area contributed by atoms with Crippen molar-refractivity contribution in [3.63, 3.8) is 0 Å². The van der Waals surface area contributed by atoms with Gasteiger partial charge in [-0.05, 0) is 36.2 Å². The number of amides is 1. The molecule has 5 nitrogen and oxygen atoms in total. The maximum atomic E-state index is 12.8. The van der Waals surface area contributed by atoms with E-state index in [1.807, 2.05) is 37.3 Å². The van der Waals surface area contributed by atoms with Crippen molar-refractivity contribution in [2.45, 2.75) is 25.9 Å². The second-order valence-electron chi connectivity index (χ2n) is 5.81. The summed E-state index contributed by atoms with van der Waals surface area (Å²) in [5.41, 5.74) is 1.75. The van der Waals surface area contributed by atoms with E-state index in [1.165, 1.54) is 7.11 Å². The summed E-state index contributed by atoms with van der Waals surface area (Å²) in [4.78, 5) is 26.4. The molecule has 2 aromatic rings. The molecule has 0 aliphatic rings. The smallest absolute Gasteiger partial charge is 0.325 e. The number of carbonyl (C=O) groups excluding carboxylic acids is 2. The van der Waals surface area contributed by atoms with Crippen LogP contribution in [0, 0.1) is 0 Å². The Balaban J connectivity index is 2.17. The van der Waals surface area contributed by atoms with Gasteiger partial charge in [0.15, 0.2) is 0 Å². The SMILES string of the molecule is CC[C@H](C(=O)NCc1ccccc1)N(CC(=O)OC)c1ccc(Cl)cc1. The van der Waals surface area contributed by atoms with E-state index in [0.29, 0.717) is 18.0 Å². The number of halogens is 1. The van der Waals surface area contributed by atoms with Gasteiger partial charge in [0.25, 0.3) is 0 Å². The van der Waals surface area contributed by atoms with Crippen molar-refractivity contribution in [3.05, 3.63) is 65.2 Å². The monoisotopic (exact) mass is 374 g/mol. The Morgan fingerprint density at radius 1 is 1.12 bits per heavy atom. The summed E-state index contributed by atoms with van der Waals surface area (Å²) in [5.74, 6) is -0.551. The molecule has 0 unspecified atom stereocenters. The highest BCUT2D eigenvalue weighted by atomic mass is 35.5. The van der Waals surface area contributed by atoms with Crippen LogP contribution in [0.3, 0.4) is 0 Å². The number of benzene rings is 2. The average Bonchev–Trinajstić information content (AvgIpc) is 2.67. The molecule has 0 saturated heterocycles. The van der Waals surface area contributed by atoms with Gasteiger partial charge in [0, 0.05) is 17.3 Å². The molecule has 138 valence electrons. The lowest BCUT2D eigenvalue weighted by molar-refractivity contribution is -0.139. The zero-order valence-corrected chi connectivity index (χ0v) is 15.7. The molecule has 0 spiro atoms. The summed E-state index contributed by atoms with van der Waals surface area (Å²) in [6, 6.07) is 16.2. The lowest BCUT2D eigenvalue weighted by Crippen LogP contribution is -2.48. The van der Waals surface area contributed by atoms with Crippen molar-refractivity contribution in [1.29, 1.82) is 0 Å². The van der Waals surface area contributed by atoms with Gasteiger partial charge in [0.2, 0.25) is 5.91 Å². The molecule has 0 aromatic heterocycles. The van der Waals surface area contributed by atoms with E-state index in [9.17, 15) is 9.59 Å². The molecule has 0 heterocycles. The average molecular weight is 375 g/mol. The molecule has 1 amide bonds. The minimum atomic E-state index is -0.501. The van der Waals surface area contributed by atoms with Crippen LogP contribution in [0.4, 0.5) is 5.69 Å². The van der Waals surface area contributed by atoms with Crippen LogP contribution in [0.1, 0.15) is 18.9 Å². The first-order chi connectivity index (χ1) is 12.5. The zero-order valence-electron chi connectivity index (χ0n) is 14.9. The molecule has 0 saturated carbocycles. The first-order valence-electron chi connectivity index (χ1n) is 8.45. The van der Waals surface area contributed by atoms with Crippen molar-refractivity contribution >= 4 is 29.2 Å². The van der Waals surface area contributed by atoms with Gasteiger partial charge < -0.3 is 15.0 Å². The number of hydrogen-bond donors (Lipinski definition) is 1. The lowest BCUT2D eigenvalue weighted by atomic mass is 10.1. The molecule has 26 heavy (non-hydrogen) atoms. The fourth-order valence-corrected chi connectivity index (χ4v) is 2.79. The van der Waals surface area contributed by atoms with Crippen molar-refractivity contribution in [1.82, 2.24) is 5.32 Å². The second-order valence-corrected chi connectivity index (χ2v) is 6.24. The number of nitrogens with zero attached hydrogens (tertiary/aromatic N) is 1. The maximum Gasteiger partial charge on any atom is 0.325 e. The number of nitrogens with one attached hydrogen (secondary N) is 1. The topological polar surface area (TPSA) is 58.6 Å². The fourth-order valence-electron chi connectivity index (χ4n) is 2.67. The van der Waals surface area contributed by atoms with Crippen LogP contribution in [0.15, 0.2) is 54.6 Å². The minimum Gasteiger partial charge on any atom is -0.468 e. The van der Waals surface area contributed by atoms with Crippen molar-refractivity contribution in [2.75, 3.05) is 18.6 Å². The third-order valence-electron chi connectivity index (χ3n) is 4.06. The Morgan fingerprint density at radius 3 is 2.35 bits per heavy atom. The molecule has 0 radical (unpaired) electrons. The molecular formula is C20H23ClN2O3. The van der Waals surface area contributed by atoms with Crippen molar-refractivity contribution in [2.24, 2.45) is 0 Å². The van der Waals surface area contributed by atoms with Gasteiger partial charge in [-0.15, -0.1) is 0 Å². The van der Waals surface area contributed by atoms with E-state index in [4.69, 9.17) is 16.3 Å². The number of methoxy groups -OCH3 is 1.